The smallest absolute Gasteiger partial charge is 0.247 e. The highest BCUT2D eigenvalue weighted by Crippen LogP contribution is 2.28. The normalized spacial score (nSPS) is 13.2. The van der Waals surface area contributed by atoms with Crippen LogP contribution in [0.4, 0.5) is 23.0 Å². The molecule has 1 saturated carbocycles. The Labute approximate surface area is 145 Å². The van der Waals surface area contributed by atoms with Gasteiger partial charge < -0.3 is 16.0 Å². The first-order valence-corrected chi connectivity index (χ1v) is 8.01. The van der Waals surface area contributed by atoms with Crippen LogP contribution in [-0.4, -0.2) is 21.9 Å². The fraction of sp³-hybridized carbons (Fsp3) is 0.222. The molecule has 1 aliphatic rings. The molecule has 7 nitrogen and oxygen atoms in total. The molecule has 1 aliphatic carbocycles. The van der Waals surface area contributed by atoms with Crippen molar-refractivity contribution >= 4 is 28.9 Å². The lowest BCUT2D eigenvalue weighted by Gasteiger charge is -2.28. The SMILES string of the molecule is C=CC(=O)Nc1cccnc1Nc1cc(NC2CCC2)c(C#N)cn1. The highest BCUT2D eigenvalue weighted by Gasteiger charge is 2.19. The largest absolute Gasteiger partial charge is 0.381 e. The Bertz CT molecular complexity index is 838. The first-order chi connectivity index (χ1) is 12.2. The molecular weight excluding hydrogens is 316 g/mol. The van der Waals surface area contributed by atoms with Crippen LogP contribution in [0.15, 0.2) is 43.2 Å². The predicted octanol–water partition coefficient (Wildman–Crippen LogP) is 3.18. The van der Waals surface area contributed by atoms with E-state index in [1.54, 1.807) is 24.4 Å². The number of carbonyl (C=O) groups is 1. The van der Waals surface area contributed by atoms with Crippen molar-refractivity contribution in [3.63, 3.8) is 0 Å². The summed E-state index contributed by atoms with van der Waals surface area (Å²) in [5.74, 6) is 0.675. The Balaban J connectivity index is 1.83. The monoisotopic (exact) mass is 334 g/mol. The molecule has 25 heavy (non-hydrogen) atoms. The second-order valence-electron chi connectivity index (χ2n) is 5.72. The van der Waals surface area contributed by atoms with Crippen LogP contribution in [0.25, 0.3) is 0 Å². The standard InChI is InChI=1S/C18H18N6O/c1-2-17(25)23-14-7-4-8-20-18(14)24-16-9-15(12(10-19)11-21-16)22-13-5-3-6-13/h2,4,7-9,11,13H,1,3,5-6H2,(H,23,25)(H2,20,21,22,24). The van der Waals surface area contributed by atoms with E-state index >= 15 is 0 Å². The van der Waals surface area contributed by atoms with Gasteiger partial charge in [0.05, 0.1) is 16.9 Å². The Kier molecular flexibility index (Phi) is 4.90. The number of pyridine rings is 2. The van der Waals surface area contributed by atoms with Crippen LogP contribution in [0.3, 0.4) is 0 Å². The highest BCUT2D eigenvalue weighted by atomic mass is 16.1. The van der Waals surface area contributed by atoms with Gasteiger partial charge in [0.2, 0.25) is 5.91 Å². The number of aromatic nitrogens is 2. The van der Waals surface area contributed by atoms with Gasteiger partial charge in [-0.1, -0.05) is 6.58 Å². The summed E-state index contributed by atoms with van der Waals surface area (Å²) >= 11 is 0. The van der Waals surface area contributed by atoms with Gasteiger partial charge in [0.25, 0.3) is 0 Å². The lowest BCUT2D eigenvalue weighted by Crippen LogP contribution is -2.27. The molecule has 2 heterocycles. The summed E-state index contributed by atoms with van der Waals surface area (Å²) in [7, 11) is 0. The zero-order chi connectivity index (χ0) is 17.6. The van der Waals surface area contributed by atoms with E-state index in [1.807, 2.05) is 0 Å². The quantitative estimate of drug-likeness (QED) is 0.701. The average molecular weight is 334 g/mol. The first kappa shape index (κ1) is 16.5. The summed E-state index contributed by atoms with van der Waals surface area (Å²) in [6.07, 6.45) is 7.74. The van der Waals surface area contributed by atoms with Gasteiger partial charge in [-0.05, 0) is 37.5 Å². The number of nitrogens with one attached hydrogen (secondary N) is 3. The Morgan fingerprint density at radius 3 is 2.88 bits per heavy atom. The van der Waals surface area contributed by atoms with E-state index < -0.39 is 0 Å². The second-order valence-corrected chi connectivity index (χ2v) is 5.72. The van der Waals surface area contributed by atoms with Crippen LogP contribution >= 0.6 is 0 Å². The predicted molar refractivity (Wildman–Crippen MR) is 96.6 cm³/mol. The molecule has 1 fully saturated rings. The van der Waals surface area contributed by atoms with Crippen LogP contribution in [-0.2, 0) is 4.79 Å². The average Bonchev–Trinajstić information content (AvgIpc) is 2.60. The van der Waals surface area contributed by atoms with Gasteiger partial charge >= 0.3 is 0 Å². The number of nitriles is 1. The molecule has 0 saturated heterocycles. The molecule has 0 aliphatic heterocycles. The Morgan fingerprint density at radius 1 is 1.36 bits per heavy atom. The van der Waals surface area contributed by atoms with E-state index in [2.05, 4.69) is 38.6 Å². The Morgan fingerprint density at radius 2 is 2.20 bits per heavy atom. The number of anilines is 4. The summed E-state index contributed by atoms with van der Waals surface area (Å²) < 4.78 is 0. The molecule has 1 amide bonds. The van der Waals surface area contributed by atoms with E-state index in [9.17, 15) is 10.1 Å². The Hall–Kier alpha value is -3.40. The summed E-state index contributed by atoms with van der Waals surface area (Å²) in [4.78, 5) is 20.0. The second kappa shape index (κ2) is 7.45. The third kappa shape index (κ3) is 3.93. The lowest BCUT2D eigenvalue weighted by atomic mass is 9.93. The van der Waals surface area contributed by atoms with Gasteiger partial charge in [0.1, 0.15) is 11.9 Å². The van der Waals surface area contributed by atoms with E-state index in [0.717, 1.165) is 18.5 Å². The van der Waals surface area contributed by atoms with Crippen molar-refractivity contribution in [3.8, 4) is 6.07 Å². The van der Waals surface area contributed by atoms with Crippen molar-refractivity contribution in [2.45, 2.75) is 25.3 Å². The van der Waals surface area contributed by atoms with Crippen molar-refractivity contribution in [2.75, 3.05) is 16.0 Å². The van der Waals surface area contributed by atoms with E-state index in [4.69, 9.17) is 0 Å². The summed E-state index contributed by atoms with van der Waals surface area (Å²) in [5, 5.41) is 18.4. The molecule has 0 spiro atoms. The maximum atomic E-state index is 11.5. The zero-order valence-electron chi connectivity index (χ0n) is 13.6. The minimum absolute atomic E-state index is 0.323. The minimum atomic E-state index is -0.323. The van der Waals surface area contributed by atoms with Crippen molar-refractivity contribution in [1.29, 1.82) is 5.26 Å². The van der Waals surface area contributed by atoms with Crippen LogP contribution in [0.2, 0.25) is 0 Å². The number of rotatable bonds is 6. The molecule has 0 radical (unpaired) electrons. The van der Waals surface area contributed by atoms with Gasteiger partial charge in [-0.25, -0.2) is 9.97 Å². The van der Waals surface area contributed by atoms with E-state index in [-0.39, 0.29) is 5.91 Å². The number of nitrogens with zero attached hydrogens (tertiary/aromatic N) is 3. The van der Waals surface area contributed by atoms with E-state index in [1.165, 1.54) is 18.7 Å². The van der Waals surface area contributed by atoms with Crippen LogP contribution < -0.4 is 16.0 Å². The maximum Gasteiger partial charge on any atom is 0.247 e. The third-order valence-electron chi connectivity index (χ3n) is 3.99. The lowest BCUT2D eigenvalue weighted by molar-refractivity contribution is -0.111. The van der Waals surface area contributed by atoms with Crippen LogP contribution in [0.1, 0.15) is 24.8 Å². The number of hydrogen-bond donors (Lipinski definition) is 3. The molecule has 0 unspecified atom stereocenters. The summed E-state index contributed by atoms with van der Waals surface area (Å²) in [6.45, 7) is 3.44. The third-order valence-corrected chi connectivity index (χ3v) is 3.99. The number of hydrogen-bond acceptors (Lipinski definition) is 6. The van der Waals surface area contributed by atoms with E-state index in [0.29, 0.717) is 28.9 Å². The molecular formula is C18H18N6O. The topological polar surface area (TPSA) is 103 Å². The molecule has 3 rings (SSSR count). The molecule has 2 aromatic heterocycles. The van der Waals surface area contributed by atoms with Crippen molar-refractivity contribution in [3.05, 3.63) is 48.8 Å². The summed E-state index contributed by atoms with van der Waals surface area (Å²) in [6, 6.07) is 7.79. The minimum Gasteiger partial charge on any atom is -0.381 e. The number of amides is 1. The van der Waals surface area contributed by atoms with Gasteiger partial charge in [-0.15, -0.1) is 0 Å². The van der Waals surface area contributed by atoms with Gasteiger partial charge in [0, 0.05) is 24.5 Å². The van der Waals surface area contributed by atoms with Gasteiger partial charge in [-0.3, -0.25) is 4.79 Å². The molecule has 0 atom stereocenters. The summed E-state index contributed by atoms with van der Waals surface area (Å²) in [5.41, 5.74) is 1.77. The van der Waals surface area contributed by atoms with Gasteiger partial charge in [-0.2, -0.15) is 5.26 Å². The van der Waals surface area contributed by atoms with Crippen LogP contribution in [0, 0.1) is 11.3 Å². The maximum absolute atomic E-state index is 11.5. The van der Waals surface area contributed by atoms with Crippen LogP contribution in [0.5, 0.6) is 0 Å². The fourth-order valence-electron chi connectivity index (χ4n) is 2.42. The molecule has 3 N–H and O–H groups in total. The number of carbonyl (C=O) groups excluding carboxylic acids is 1. The van der Waals surface area contributed by atoms with Gasteiger partial charge in [0.15, 0.2) is 5.82 Å². The zero-order valence-corrected chi connectivity index (χ0v) is 13.6. The molecule has 2 aromatic rings. The highest BCUT2D eigenvalue weighted by molar-refractivity contribution is 6.00. The first-order valence-electron chi connectivity index (χ1n) is 8.01. The van der Waals surface area contributed by atoms with Crippen molar-refractivity contribution in [1.82, 2.24) is 9.97 Å². The molecule has 0 bridgehead atoms. The molecule has 7 heteroatoms. The fourth-order valence-corrected chi connectivity index (χ4v) is 2.42. The molecule has 126 valence electrons. The van der Waals surface area contributed by atoms with Crippen molar-refractivity contribution < 1.29 is 4.79 Å². The molecule has 0 aromatic carbocycles. The van der Waals surface area contributed by atoms with Crippen molar-refractivity contribution in [2.24, 2.45) is 0 Å².